The number of thiazole rings is 1. The van der Waals surface area contributed by atoms with E-state index in [1.165, 1.54) is 10.8 Å². The van der Waals surface area contributed by atoms with Crippen LogP contribution < -0.4 is 9.64 Å². The third kappa shape index (κ3) is 4.29. The van der Waals surface area contributed by atoms with E-state index in [1.54, 1.807) is 18.4 Å². The molecule has 0 N–H and O–H groups in total. The van der Waals surface area contributed by atoms with Crippen LogP contribution in [-0.2, 0) is 16.9 Å². The van der Waals surface area contributed by atoms with E-state index in [0.717, 1.165) is 34.0 Å². The monoisotopic (exact) mass is 432 g/mol. The summed E-state index contributed by atoms with van der Waals surface area (Å²) in [5.41, 5.74) is 2.66. The first-order valence-corrected chi connectivity index (χ1v) is 11.3. The molecule has 1 aromatic heterocycles. The lowest BCUT2D eigenvalue weighted by Crippen LogP contribution is -2.29. The van der Waals surface area contributed by atoms with E-state index in [9.17, 15) is 0 Å². The highest BCUT2D eigenvalue weighted by Crippen LogP contribution is 2.40. The molecular formula is C26H28N2O2S. The van der Waals surface area contributed by atoms with E-state index in [-0.39, 0.29) is 0 Å². The van der Waals surface area contributed by atoms with Gasteiger partial charge in [0.1, 0.15) is 23.0 Å². The summed E-state index contributed by atoms with van der Waals surface area (Å²) in [4.78, 5) is 6.66. The smallest absolute Gasteiger partial charge is 0.144 e. The van der Waals surface area contributed by atoms with Crippen molar-refractivity contribution in [2.75, 3.05) is 26.1 Å². The fourth-order valence-corrected chi connectivity index (χ4v) is 4.81. The topological polar surface area (TPSA) is 34.6 Å². The van der Waals surface area contributed by atoms with Crippen molar-refractivity contribution in [2.45, 2.75) is 25.6 Å². The molecule has 0 spiro atoms. The largest absolute Gasteiger partial charge is 0.489 e. The van der Waals surface area contributed by atoms with Crippen LogP contribution in [-0.4, -0.2) is 26.2 Å². The summed E-state index contributed by atoms with van der Waals surface area (Å²) in [6.07, 6.45) is 2.61. The second-order valence-electron chi connectivity index (χ2n) is 7.80. The van der Waals surface area contributed by atoms with Gasteiger partial charge in [0, 0.05) is 44.5 Å². The Hall–Kier alpha value is -2.89. The maximum absolute atomic E-state index is 6.27. The van der Waals surface area contributed by atoms with Gasteiger partial charge in [0.2, 0.25) is 0 Å². The van der Waals surface area contributed by atoms with Gasteiger partial charge < -0.3 is 14.4 Å². The van der Waals surface area contributed by atoms with Crippen molar-refractivity contribution in [2.24, 2.45) is 0 Å². The molecule has 0 saturated carbocycles. The van der Waals surface area contributed by atoms with Gasteiger partial charge in [-0.15, -0.1) is 11.3 Å². The van der Waals surface area contributed by atoms with Gasteiger partial charge in [0.25, 0.3) is 0 Å². The zero-order chi connectivity index (χ0) is 21.8. The van der Waals surface area contributed by atoms with Crippen molar-refractivity contribution in [1.82, 2.24) is 4.98 Å². The average molecular weight is 433 g/mol. The Labute approximate surface area is 188 Å². The van der Waals surface area contributed by atoms with Gasteiger partial charge in [-0.1, -0.05) is 43.3 Å². The molecule has 1 atom stereocenters. The number of ether oxygens (including phenoxy) is 2. The molecule has 0 saturated heterocycles. The summed E-state index contributed by atoms with van der Waals surface area (Å²) in [7, 11) is 5.83. The molecule has 160 valence electrons. The van der Waals surface area contributed by atoms with Crippen LogP contribution in [0.3, 0.4) is 0 Å². The Morgan fingerprint density at radius 3 is 2.48 bits per heavy atom. The highest BCUT2D eigenvalue weighted by atomic mass is 32.1. The van der Waals surface area contributed by atoms with Crippen LogP contribution in [0.1, 0.15) is 29.5 Å². The van der Waals surface area contributed by atoms with E-state index in [0.29, 0.717) is 6.61 Å². The summed E-state index contributed by atoms with van der Waals surface area (Å²) in [6.45, 7) is 2.63. The summed E-state index contributed by atoms with van der Waals surface area (Å²) in [5.74, 6) is 0.820. The molecular weight excluding hydrogens is 404 g/mol. The number of hydrogen-bond acceptors (Lipinski definition) is 5. The van der Waals surface area contributed by atoms with Gasteiger partial charge in [0.05, 0.1) is 0 Å². The number of aromatic nitrogens is 1. The lowest BCUT2D eigenvalue weighted by atomic mass is 9.90. The third-order valence-corrected chi connectivity index (χ3v) is 6.63. The lowest BCUT2D eigenvalue weighted by Gasteiger charge is -2.31. The second-order valence-corrected chi connectivity index (χ2v) is 8.70. The van der Waals surface area contributed by atoms with E-state index in [2.05, 4.69) is 77.5 Å². The molecule has 0 amide bonds. The number of hydrogen-bond donors (Lipinski definition) is 0. The fraction of sp³-hybridized carbons (Fsp3) is 0.269. The molecule has 0 aliphatic carbocycles. The quantitative estimate of drug-likeness (QED) is 0.330. The Balaban J connectivity index is 1.68. The van der Waals surface area contributed by atoms with Crippen molar-refractivity contribution >= 4 is 27.8 Å². The van der Waals surface area contributed by atoms with Crippen LogP contribution in [0.25, 0.3) is 10.8 Å². The molecule has 5 heteroatoms. The summed E-state index contributed by atoms with van der Waals surface area (Å²) in [6, 6.07) is 21.2. The van der Waals surface area contributed by atoms with E-state index in [1.807, 2.05) is 25.7 Å². The molecule has 0 aliphatic heterocycles. The van der Waals surface area contributed by atoms with Crippen molar-refractivity contribution < 1.29 is 9.47 Å². The highest BCUT2D eigenvalue weighted by Gasteiger charge is 2.36. The van der Waals surface area contributed by atoms with E-state index in [4.69, 9.17) is 9.47 Å². The zero-order valence-corrected chi connectivity index (χ0v) is 19.3. The number of methoxy groups -OCH3 is 1. The Bertz CT molecular complexity index is 1150. The molecule has 4 rings (SSSR count). The molecule has 31 heavy (non-hydrogen) atoms. The zero-order valence-electron chi connectivity index (χ0n) is 18.5. The molecule has 0 radical (unpaired) electrons. The van der Waals surface area contributed by atoms with Gasteiger partial charge in [-0.3, -0.25) is 0 Å². The predicted molar refractivity (Wildman–Crippen MR) is 129 cm³/mol. The number of fused-ring (bicyclic) bond motifs is 1. The van der Waals surface area contributed by atoms with Crippen LogP contribution in [0.5, 0.6) is 5.75 Å². The fourth-order valence-electron chi connectivity index (χ4n) is 3.90. The molecule has 1 heterocycles. The standard InChI is InChI=1S/C26H28N2O2S/c1-5-26(29-4,25-27-12-13-31-25)22-15-23(28(2)3)17-24(16-22)30-18-19-10-11-20-8-6-7-9-21(20)14-19/h6-17H,5,18H2,1-4H3. The summed E-state index contributed by atoms with van der Waals surface area (Å²) in [5, 5.41) is 5.40. The van der Waals surface area contributed by atoms with Gasteiger partial charge in [-0.25, -0.2) is 4.98 Å². The molecule has 4 aromatic rings. The number of rotatable bonds is 8. The summed E-state index contributed by atoms with van der Waals surface area (Å²) >= 11 is 1.61. The van der Waals surface area contributed by atoms with Crippen LogP contribution in [0.4, 0.5) is 5.69 Å². The normalized spacial score (nSPS) is 13.2. The van der Waals surface area contributed by atoms with Crippen molar-refractivity contribution in [3.05, 3.63) is 88.4 Å². The van der Waals surface area contributed by atoms with Crippen LogP contribution in [0.15, 0.2) is 72.2 Å². The average Bonchev–Trinajstić information content (AvgIpc) is 3.34. The first-order valence-electron chi connectivity index (χ1n) is 10.4. The maximum atomic E-state index is 6.27. The SMILES string of the molecule is CCC(OC)(c1cc(OCc2ccc3ccccc3c2)cc(N(C)C)c1)c1nccs1. The lowest BCUT2D eigenvalue weighted by molar-refractivity contribution is 0.0182. The van der Waals surface area contributed by atoms with Gasteiger partial charge in [0.15, 0.2) is 0 Å². The van der Waals surface area contributed by atoms with Gasteiger partial charge in [-0.05, 0) is 46.5 Å². The molecule has 0 aliphatic rings. The van der Waals surface area contributed by atoms with Crippen molar-refractivity contribution in [3.8, 4) is 5.75 Å². The number of benzene rings is 3. The van der Waals surface area contributed by atoms with Crippen LogP contribution in [0.2, 0.25) is 0 Å². The van der Waals surface area contributed by atoms with Crippen molar-refractivity contribution in [3.63, 3.8) is 0 Å². The first kappa shape index (κ1) is 21.3. The van der Waals surface area contributed by atoms with Gasteiger partial charge >= 0.3 is 0 Å². The van der Waals surface area contributed by atoms with Crippen LogP contribution >= 0.6 is 11.3 Å². The van der Waals surface area contributed by atoms with Crippen LogP contribution in [0, 0.1) is 0 Å². The highest BCUT2D eigenvalue weighted by molar-refractivity contribution is 7.09. The number of anilines is 1. The van der Waals surface area contributed by atoms with Crippen molar-refractivity contribution in [1.29, 1.82) is 0 Å². The summed E-state index contributed by atoms with van der Waals surface area (Å²) < 4.78 is 12.4. The molecule has 1 unspecified atom stereocenters. The third-order valence-electron chi connectivity index (χ3n) is 5.72. The first-order chi connectivity index (χ1) is 15.1. The second kappa shape index (κ2) is 9.08. The maximum Gasteiger partial charge on any atom is 0.144 e. The molecule has 0 bridgehead atoms. The Morgan fingerprint density at radius 2 is 1.81 bits per heavy atom. The molecule has 0 fully saturated rings. The Morgan fingerprint density at radius 1 is 1.00 bits per heavy atom. The van der Waals surface area contributed by atoms with E-state index < -0.39 is 5.60 Å². The van der Waals surface area contributed by atoms with Gasteiger partial charge in [-0.2, -0.15) is 0 Å². The minimum absolute atomic E-state index is 0.504. The van der Waals surface area contributed by atoms with E-state index >= 15 is 0 Å². The minimum atomic E-state index is -0.596. The molecule has 4 nitrogen and oxygen atoms in total. The minimum Gasteiger partial charge on any atom is -0.489 e. The predicted octanol–water partition coefficient (Wildman–Crippen LogP) is 6.24. The molecule has 3 aromatic carbocycles. The Kier molecular flexibility index (Phi) is 6.25. The number of nitrogens with zero attached hydrogens (tertiary/aromatic N) is 2.